The first-order valence-corrected chi connectivity index (χ1v) is 10.6. The van der Waals surface area contributed by atoms with Crippen molar-refractivity contribution in [3.8, 4) is 11.5 Å². The van der Waals surface area contributed by atoms with Gasteiger partial charge >= 0.3 is 5.97 Å². The highest BCUT2D eigenvalue weighted by atomic mass is 32.2. The molecule has 1 saturated heterocycles. The first-order valence-electron chi connectivity index (χ1n) is 9.63. The maximum absolute atomic E-state index is 11.2. The van der Waals surface area contributed by atoms with Crippen molar-refractivity contribution in [2.45, 2.75) is 24.2 Å². The van der Waals surface area contributed by atoms with E-state index in [9.17, 15) is 9.90 Å². The van der Waals surface area contributed by atoms with Crippen LogP contribution in [0.2, 0.25) is 0 Å². The maximum Gasteiger partial charge on any atom is 0.318 e. The van der Waals surface area contributed by atoms with Crippen molar-refractivity contribution in [1.29, 1.82) is 0 Å². The van der Waals surface area contributed by atoms with Crippen LogP contribution >= 0.6 is 11.8 Å². The Bertz CT molecular complexity index is 1020. The Morgan fingerprint density at radius 2 is 1.93 bits per heavy atom. The van der Waals surface area contributed by atoms with Crippen molar-refractivity contribution in [2.24, 2.45) is 0 Å². The maximum atomic E-state index is 11.2. The van der Waals surface area contributed by atoms with Gasteiger partial charge in [0.25, 0.3) is 0 Å². The minimum Gasteiger partial charge on any atom is -0.490 e. The van der Waals surface area contributed by atoms with Gasteiger partial charge in [-0.2, -0.15) is 0 Å². The number of rotatable bonds is 7. The summed E-state index contributed by atoms with van der Waals surface area (Å²) in [5.74, 6) is 0.567. The van der Waals surface area contributed by atoms with Crippen LogP contribution in [-0.2, 0) is 11.4 Å². The summed E-state index contributed by atoms with van der Waals surface area (Å²) in [6.07, 6.45) is 0. The van der Waals surface area contributed by atoms with E-state index in [0.29, 0.717) is 31.3 Å². The summed E-state index contributed by atoms with van der Waals surface area (Å²) in [5, 5.41) is 14.3. The molecule has 1 aliphatic rings. The van der Waals surface area contributed by atoms with Gasteiger partial charge in [0, 0.05) is 6.54 Å². The monoisotopic (exact) mass is 409 g/mol. The van der Waals surface area contributed by atoms with Crippen LogP contribution in [-0.4, -0.2) is 29.5 Å². The normalized spacial score (nSPS) is 18.7. The number of benzene rings is 3. The van der Waals surface area contributed by atoms with Crippen LogP contribution in [0.3, 0.4) is 0 Å². The molecule has 0 amide bonds. The fraction of sp³-hybridized carbons (Fsp3) is 0.261. The number of ether oxygens (including phenoxy) is 2. The third-order valence-corrected chi connectivity index (χ3v) is 6.31. The molecule has 2 atom stereocenters. The number of thioether (sulfide) groups is 1. The Hall–Kier alpha value is -2.70. The molecule has 0 unspecified atom stereocenters. The molecule has 0 radical (unpaired) electrons. The molecule has 0 saturated carbocycles. The van der Waals surface area contributed by atoms with Gasteiger partial charge in [-0.15, -0.1) is 11.8 Å². The molecule has 1 fully saturated rings. The Morgan fingerprint density at radius 3 is 2.72 bits per heavy atom. The van der Waals surface area contributed by atoms with Gasteiger partial charge in [-0.25, -0.2) is 0 Å². The molecule has 0 aliphatic carbocycles. The smallest absolute Gasteiger partial charge is 0.318 e. The third-order valence-electron chi connectivity index (χ3n) is 4.90. The van der Waals surface area contributed by atoms with Crippen molar-refractivity contribution in [3.05, 3.63) is 71.8 Å². The van der Waals surface area contributed by atoms with E-state index in [0.717, 1.165) is 11.1 Å². The van der Waals surface area contributed by atoms with Crippen molar-refractivity contribution in [2.75, 3.05) is 13.2 Å². The molecule has 5 nitrogen and oxygen atoms in total. The summed E-state index contributed by atoms with van der Waals surface area (Å²) in [6, 6.07) is 20.3. The number of carboxylic acids is 1. The molecule has 3 aromatic rings. The Kier molecular flexibility index (Phi) is 5.92. The third kappa shape index (κ3) is 4.33. The van der Waals surface area contributed by atoms with Gasteiger partial charge < -0.3 is 14.6 Å². The number of fused-ring (bicyclic) bond motifs is 1. The molecule has 1 aliphatic heterocycles. The number of nitrogens with one attached hydrogen (secondary N) is 1. The highest BCUT2D eigenvalue weighted by molar-refractivity contribution is 8.01. The lowest BCUT2D eigenvalue weighted by molar-refractivity contribution is -0.136. The van der Waals surface area contributed by atoms with Gasteiger partial charge in [0.1, 0.15) is 11.9 Å². The van der Waals surface area contributed by atoms with Crippen molar-refractivity contribution < 1.29 is 19.4 Å². The lowest BCUT2D eigenvalue weighted by atomic mass is 10.1. The van der Waals surface area contributed by atoms with E-state index >= 15 is 0 Å². The zero-order chi connectivity index (χ0) is 20.2. The summed E-state index contributed by atoms with van der Waals surface area (Å²) in [5.41, 5.74) is 2.10. The summed E-state index contributed by atoms with van der Waals surface area (Å²) in [7, 11) is 0. The molecule has 1 heterocycles. The summed E-state index contributed by atoms with van der Waals surface area (Å²) in [4.78, 5) is 11.2. The Morgan fingerprint density at radius 1 is 1.10 bits per heavy atom. The van der Waals surface area contributed by atoms with Crippen LogP contribution in [0.5, 0.6) is 11.5 Å². The van der Waals surface area contributed by atoms with E-state index in [4.69, 9.17) is 9.47 Å². The predicted octanol–water partition coefficient (Wildman–Crippen LogP) is 4.61. The SMILES string of the molecule is CCOc1cc([C@H]2NC[C@H](C(=O)O)S2)ccc1OCc1cccc2ccccc12. The standard InChI is InChI=1S/C23H23NO4S/c1-2-27-20-12-16(22-24-13-21(29-22)23(25)26)10-11-19(20)28-14-17-8-5-7-15-6-3-4-9-18(15)17/h3-12,21-22,24H,2,13-14H2,1H3,(H,25,26)/t21-,22+/m1/s1. The molecule has 0 bridgehead atoms. The second-order valence-corrected chi connectivity index (χ2v) is 8.13. The van der Waals surface area contributed by atoms with Gasteiger partial charge in [-0.05, 0) is 41.0 Å². The van der Waals surface area contributed by atoms with Crippen LogP contribution < -0.4 is 14.8 Å². The average molecular weight is 410 g/mol. The summed E-state index contributed by atoms with van der Waals surface area (Å²) >= 11 is 1.41. The van der Waals surface area contributed by atoms with Crippen LogP contribution in [0.4, 0.5) is 0 Å². The zero-order valence-corrected chi connectivity index (χ0v) is 16.9. The fourth-order valence-electron chi connectivity index (χ4n) is 3.47. The van der Waals surface area contributed by atoms with Gasteiger partial charge in [0.2, 0.25) is 0 Å². The minimum atomic E-state index is -0.787. The van der Waals surface area contributed by atoms with Crippen LogP contribution in [0.15, 0.2) is 60.7 Å². The molecule has 29 heavy (non-hydrogen) atoms. The number of carbonyl (C=O) groups is 1. The second kappa shape index (κ2) is 8.76. The number of aliphatic carboxylic acids is 1. The molecule has 4 rings (SSSR count). The van der Waals surface area contributed by atoms with Gasteiger partial charge in [-0.3, -0.25) is 10.1 Å². The highest BCUT2D eigenvalue weighted by Crippen LogP contribution is 2.39. The first-order chi connectivity index (χ1) is 14.2. The fourth-order valence-corrected chi connectivity index (χ4v) is 4.60. The molecule has 0 aromatic heterocycles. The lowest BCUT2D eigenvalue weighted by Crippen LogP contribution is -2.21. The molecule has 6 heteroatoms. The lowest BCUT2D eigenvalue weighted by Gasteiger charge is -2.16. The average Bonchev–Trinajstić information content (AvgIpc) is 3.24. The largest absolute Gasteiger partial charge is 0.490 e. The van der Waals surface area contributed by atoms with Gasteiger partial charge in [-0.1, -0.05) is 48.5 Å². The van der Waals surface area contributed by atoms with Crippen LogP contribution in [0.25, 0.3) is 10.8 Å². The van der Waals surface area contributed by atoms with E-state index in [1.807, 2.05) is 43.3 Å². The quantitative estimate of drug-likeness (QED) is 0.594. The Balaban J connectivity index is 1.53. The topological polar surface area (TPSA) is 67.8 Å². The second-order valence-electron chi connectivity index (χ2n) is 6.82. The van der Waals surface area contributed by atoms with Gasteiger partial charge in [0.15, 0.2) is 11.5 Å². The number of carboxylic acid groups (broad SMARTS) is 1. The molecule has 2 N–H and O–H groups in total. The van der Waals surface area contributed by atoms with E-state index in [-0.39, 0.29) is 5.37 Å². The van der Waals surface area contributed by atoms with E-state index in [1.54, 1.807) is 0 Å². The number of hydrogen-bond acceptors (Lipinski definition) is 5. The predicted molar refractivity (Wildman–Crippen MR) is 116 cm³/mol. The van der Waals surface area contributed by atoms with Crippen molar-refractivity contribution in [3.63, 3.8) is 0 Å². The Labute approximate surface area is 174 Å². The van der Waals surface area contributed by atoms with Gasteiger partial charge in [0.05, 0.1) is 12.0 Å². The highest BCUT2D eigenvalue weighted by Gasteiger charge is 2.31. The zero-order valence-electron chi connectivity index (χ0n) is 16.1. The van der Waals surface area contributed by atoms with E-state index in [1.165, 1.54) is 22.5 Å². The minimum absolute atomic E-state index is 0.0672. The summed E-state index contributed by atoms with van der Waals surface area (Å²) < 4.78 is 11.9. The van der Waals surface area contributed by atoms with Crippen LogP contribution in [0, 0.1) is 0 Å². The molecular weight excluding hydrogens is 386 g/mol. The first kappa shape index (κ1) is 19.6. The number of hydrogen-bond donors (Lipinski definition) is 2. The molecule has 3 aromatic carbocycles. The molecular formula is C23H23NO4S. The van der Waals surface area contributed by atoms with E-state index in [2.05, 4.69) is 29.6 Å². The van der Waals surface area contributed by atoms with Crippen molar-refractivity contribution >= 4 is 28.5 Å². The van der Waals surface area contributed by atoms with E-state index < -0.39 is 11.2 Å². The summed E-state index contributed by atoms with van der Waals surface area (Å²) in [6.45, 7) is 3.35. The van der Waals surface area contributed by atoms with Crippen molar-refractivity contribution in [1.82, 2.24) is 5.32 Å². The molecule has 0 spiro atoms. The van der Waals surface area contributed by atoms with Crippen LogP contribution in [0.1, 0.15) is 23.4 Å². The molecule has 150 valence electrons.